The van der Waals surface area contributed by atoms with E-state index >= 15 is 0 Å². The van der Waals surface area contributed by atoms with Crippen LogP contribution in [0.4, 0.5) is 11.6 Å². The molecule has 0 radical (unpaired) electrons. The monoisotopic (exact) mass is 419 g/mol. The average molecular weight is 420 g/mol. The molecule has 0 unspecified atom stereocenters. The molecule has 1 aliphatic rings. The van der Waals surface area contributed by atoms with Crippen molar-refractivity contribution in [3.05, 3.63) is 53.3 Å². The second kappa shape index (κ2) is 8.85. The lowest BCUT2D eigenvalue weighted by Gasteiger charge is -2.29. The first-order chi connectivity index (χ1) is 14.9. The summed E-state index contributed by atoms with van der Waals surface area (Å²) in [6.07, 6.45) is 5.75. The highest BCUT2D eigenvalue weighted by molar-refractivity contribution is 5.93. The zero-order valence-electron chi connectivity index (χ0n) is 18.2. The minimum atomic E-state index is -0.161. The van der Waals surface area contributed by atoms with Crippen LogP contribution in [0.25, 0.3) is 11.4 Å². The van der Waals surface area contributed by atoms with Crippen molar-refractivity contribution in [1.29, 1.82) is 0 Å². The number of hydrogen-bond donors (Lipinski definition) is 3. The number of nitrogens with zero attached hydrogens (tertiary/aromatic N) is 4. The molecule has 4 rings (SSSR count). The molecule has 1 amide bonds. The van der Waals surface area contributed by atoms with Crippen LogP contribution in [0.1, 0.15) is 47.3 Å². The van der Waals surface area contributed by atoms with Crippen LogP contribution in [0.5, 0.6) is 0 Å². The Kier molecular flexibility index (Phi) is 5.99. The van der Waals surface area contributed by atoms with Crippen molar-refractivity contribution in [2.24, 2.45) is 12.8 Å². The summed E-state index contributed by atoms with van der Waals surface area (Å²) in [5.74, 6) is 0.318. The normalized spacial score (nSPS) is 18.6. The first kappa shape index (κ1) is 21.0. The van der Waals surface area contributed by atoms with Gasteiger partial charge < -0.3 is 16.4 Å². The van der Waals surface area contributed by atoms with Crippen molar-refractivity contribution in [3.63, 3.8) is 0 Å². The van der Waals surface area contributed by atoms with Crippen molar-refractivity contribution >= 4 is 17.5 Å². The fourth-order valence-corrected chi connectivity index (χ4v) is 4.12. The molecule has 1 fully saturated rings. The van der Waals surface area contributed by atoms with Gasteiger partial charge in [-0.05, 0) is 62.1 Å². The van der Waals surface area contributed by atoms with Crippen LogP contribution in [0.2, 0.25) is 0 Å². The van der Waals surface area contributed by atoms with Crippen molar-refractivity contribution in [3.8, 4) is 11.4 Å². The molecule has 1 aliphatic carbocycles. The predicted molar refractivity (Wildman–Crippen MR) is 121 cm³/mol. The molecule has 2 heterocycles. The van der Waals surface area contributed by atoms with Gasteiger partial charge in [0.25, 0.3) is 5.91 Å². The van der Waals surface area contributed by atoms with Gasteiger partial charge in [0.1, 0.15) is 11.4 Å². The molecule has 162 valence electrons. The van der Waals surface area contributed by atoms with Gasteiger partial charge in [-0.2, -0.15) is 5.10 Å². The third-order valence-electron chi connectivity index (χ3n) is 5.64. The lowest BCUT2D eigenvalue weighted by atomic mass is 9.91. The van der Waals surface area contributed by atoms with E-state index in [0.29, 0.717) is 23.0 Å². The van der Waals surface area contributed by atoms with Crippen molar-refractivity contribution < 1.29 is 4.79 Å². The van der Waals surface area contributed by atoms with E-state index in [2.05, 4.69) is 45.6 Å². The van der Waals surface area contributed by atoms with Crippen LogP contribution >= 0.6 is 0 Å². The highest BCUT2D eigenvalue weighted by Crippen LogP contribution is 2.22. The van der Waals surface area contributed by atoms with E-state index in [0.717, 1.165) is 42.5 Å². The smallest absolute Gasteiger partial charge is 0.269 e. The Balaban J connectivity index is 1.52. The minimum absolute atomic E-state index is 0.00570. The molecule has 0 spiro atoms. The first-order valence-electron chi connectivity index (χ1n) is 10.7. The number of carbonyl (C=O) groups is 1. The van der Waals surface area contributed by atoms with Gasteiger partial charge in [0.15, 0.2) is 0 Å². The predicted octanol–water partition coefficient (Wildman–Crippen LogP) is 3.24. The highest BCUT2D eigenvalue weighted by atomic mass is 16.2. The molecule has 0 saturated heterocycles. The lowest BCUT2D eigenvalue weighted by Crippen LogP contribution is -2.49. The van der Waals surface area contributed by atoms with E-state index in [4.69, 9.17) is 5.73 Å². The van der Waals surface area contributed by atoms with Gasteiger partial charge in [-0.3, -0.25) is 9.48 Å². The summed E-state index contributed by atoms with van der Waals surface area (Å²) in [6.45, 7) is 4.10. The zero-order valence-corrected chi connectivity index (χ0v) is 18.2. The number of nitrogens with two attached hydrogens (primary N) is 1. The van der Waals surface area contributed by atoms with Gasteiger partial charge in [-0.1, -0.05) is 18.9 Å². The molecular formula is C23H29N7O. The molecule has 0 bridgehead atoms. The average Bonchev–Trinajstić information content (AvgIpc) is 3.11. The van der Waals surface area contributed by atoms with E-state index < -0.39 is 0 Å². The number of hydrogen-bond acceptors (Lipinski definition) is 6. The standard InChI is InChI=1S/C23H29N7O/c1-14-10-15(2)12-16(11-14)26-23-25-9-8-19(28-23)20-13-21(30(3)29-20)22(31)27-18-7-5-4-6-17(18)24/h8-13,17-18H,4-7,24H2,1-3H3,(H,27,31)(H,25,26,28)/t17-,18+/m1/s1. The summed E-state index contributed by atoms with van der Waals surface area (Å²) in [4.78, 5) is 21.7. The maximum atomic E-state index is 12.8. The van der Waals surface area contributed by atoms with Gasteiger partial charge in [0.05, 0.1) is 5.69 Å². The van der Waals surface area contributed by atoms with E-state index in [1.165, 1.54) is 0 Å². The van der Waals surface area contributed by atoms with Crippen LogP contribution in [-0.2, 0) is 7.05 Å². The van der Waals surface area contributed by atoms with E-state index in [1.54, 1.807) is 30.1 Å². The molecular weight excluding hydrogens is 390 g/mol. The first-order valence-corrected chi connectivity index (χ1v) is 10.7. The van der Waals surface area contributed by atoms with Crippen LogP contribution in [0.15, 0.2) is 36.5 Å². The highest BCUT2D eigenvalue weighted by Gasteiger charge is 2.25. The number of amides is 1. The largest absolute Gasteiger partial charge is 0.346 e. The lowest BCUT2D eigenvalue weighted by molar-refractivity contribution is 0.0911. The van der Waals surface area contributed by atoms with Gasteiger partial charge in [0, 0.05) is 31.0 Å². The van der Waals surface area contributed by atoms with Crippen LogP contribution in [0.3, 0.4) is 0 Å². The van der Waals surface area contributed by atoms with Crippen molar-refractivity contribution in [1.82, 2.24) is 25.1 Å². The summed E-state index contributed by atoms with van der Waals surface area (Å²) in [5, 5.41) is 10.8. The molecule has 3 aromatic rings. The molecule has 2 atom stereocenters. The Hall–Kier alpha value is -3.26. The Morgan fingerprint density at radius 1 is 1.10 bits per heavy atom. The number of carbonyl (C=O) groups excluding carboxylic acids is 1. The Morgan fingerprint density at radius 2 is 1.84 bits per heavy atom. The molecule has 31 heavy (non-hydrogen) atoms. The molecule has 1 saturated carbocycles. The fraction of sp³-hybridized carbons (Fsp3) is 0.391. The molecule has 0 aliphatic heterocycles. The van der Waals surface area contributed by atoms with Crippen molar-refractivity contribution in [2.75, 3.05) is 5.32 Å². The minimum Gasteiger partial charge on any atom is -0.346 e. The molecule has 4 N–H and O–H groups in total. The third kappa shape index (κ3) is 4.91. The number of anilines is 2. The SMILES string of the molecule is Cc1cc(C)cc(Nc2nccc(-c3cc(C(=O)N[C@H]4CCCC[C@H]4N)n(C)n3)n2)c1. The maximum Gasteiger partial charge on any atom is 0.269 e. The van der Waals surface area contributed by atoms with Crippen LogP contribution < -0.4 is 16.4 Å². The Labute approximate surface area is 182 Å². The van der Waals surface area contributed by atoms with E-state index in [9.17, 15) is 4.79 Å². The Bertz CT molecular complexity index is 1070. The molecule has 2 aromatic heterocycles. The second-order valence-corrected chi connectivity index (χ2v) is 8.33. The fourth-order valence-electron chi connectivity index (χ4n) is 4.12. The molecule has 1 aromatic carbocycles. The molecule has 8 heteroatoms. The number of aryl methyl sites for hydroxylation is 3. The Morgan fingerprint density at radius 3 is 2.58 bits per heavy atom. The zero-order chi connectivity index (χ0) is 22.0. The summed E-state index contributed by atoms with van der Waals surface area (Å²) >= 11 is 0. The summed E-state index contributed by atoms with van der Waals surface area (Å²) < 4.78 is 1.58. The summed E-state index contributed by atoms with van der Waals surface area (Å²) in [7, 11) is 1.76. The van der Waals surface area contributed by atoms with Gasteiger partial charge in [0.2, 0.25) is 5.95 Å². The van der Waals surface area contributed by atoms with E-state index in [1.807, 2.05) is 12.1 Å². The molecule has 8 nitrogen and oxygen atoms in total. The quantitative estimate of drug-likeness (QED) is 0.585. The number of aromatic nitrogens is 4. The number of benzene rings is 1. The van der Waals surface area contributed by atoms with Crippen molar-refractivity contribution in [2.45, 2.75) is 51.6 Å². The van der Waals surface area contributed by atoms with Crippen LogP contribution in [-0.4, -0.2) is 37.7 Å². The topological polar surface area (TPSA) is 111 Å². The summed E-state index contributed by atoms with van der Waals surface area (Å²) in [5.41, 5.74) is 11.2. The van der Waals surface area contributed by atoms with Gasteiger partial charge in [-0.25, -0.2) is 9.97 Å². The third-order valence-corrected chi connectivity index (χ3v) is 5.64. The van der Waals surface area contributed by atoms with E-state index in [-0.39, 0.29) is 18.0 Å². The van der Waals surface area contributed by atoms with Gasteiger partial charge >= 0.3 is 0 Å². The number of nitrogens with one attached hydrogen (secondary N) is 2. The second-order valence-electron chi connectivity index (χ2n) is 8.33. The van der Waals surface area contributed by atoms with Crippen LogP contribution in [0, 0.1) is 13.8 Å². The summed E-state index contributed by atoms with van der Waals surface area (Å²) in [6, 6.07) is 9.76. The maximum absolute atomic E-state index is 12.8. The number of rotatable bonds is 5. The van der Waals surface area contributed by atoms with Gasteiger partial charge in [-0.15, -0.1) is 0 Å².